The molecule has 0 unspecified atom stereocenters. The van der Waals surface area contributed by atoms with Crippen molar-refractivity contribution in [3.8, 4) is 5.75 Å². The van der Waals surface area contributed by atoms with Crippen LogP contribution in [0.5, 0.6) is 5.75 Å². The fraction of sp³-hybridized carbons (Fsp3) is 0. The van der Waals surface area contributed by atoms with Crippen LogP contribution in [0.2, 0.25) is 5.15 Å². The third kappa shape index (κ3) is 1.69. The monoisotopic (exact) mass is 224 g/mol. The predicted octanol–water partition coefficient (Wildman–Crippen LogP) is 1.69. The van der Waals surface area contributed by atoms with Crippen LogP contribution in [0.4, 0.5) is 0 Å². The van der Waals surface area contributed by atoms with Gasteiger partial charge in [-0.15, -0.1) is 0 Å². The van der Waals surface area contributed by atoms with E-state index in [1.165, 1.54) is 18.2 Å². The van der Waals surface area contributed by atoms with Gasteiger partial charge in [0.05, 0.1) is 5.52 Å². The highest BCUT2D eigenvalue weighted by atomic mass is 35.5. The average molecular weight is 225 g/mol. The maximum Gasteiger partial charge on any atom is 0.374 e. The fourth-order valence-corrected chi connectivity index (χ4v) is 1.41. The molecule has 1 aromatic carbocycles. The number of aromatic carboxylic acids is 1. The van der Waals surface area contributed by atoms with Gasteiger partial charge in [0.15, 0.2) is 0 Å². The van der Waals surface area contributed by atoms with Crippen molar-refractivity contribution in [3.63, 3.8) is 0 Å². The lowest BCUT2D eigenvalue weighted by Crippen LogP contribution is -2.04. The molecular formula is C9H5ClN2O3. The molecule has 0 radical (unpaired) electrons. The second-order valence-electron chi connectivity index (χ2n) is 2.84. The number of fused-ring (bicyclic) bond motifs is 1. The summed E-state index contributed by atoms with van der Waals surface area (Å²) in [6, 6.07) is 4.28. The van der Waals surface area contributed by atoms with Crippen molar-refractivity contribution in [2.75, 3.05) is 0 Å². The van der Waals surface area contributed by atoms with Crippen molar-refractivity contribution in [2.24, 2.45) is 0 Å². The molecule has 0 saturated carbocycles. The van der Waals surface area contributed by atoms with Crippen LogP contribution >= 0.6 is 11.6 Å². The number of aromatic nitrogens is 2. The van der Waals surface area contributed by atoms with Gasteiger partial charge >= 0.3 is 5.97 Å². The van der Waals surface area contributed by atoms with Gasteiger partial charge in [-0.3, -0.25) is 0 Å². The zero-order valence-corrected chi connectivity index (χ0v) is 8.06. The van der Waals surface area contributed by atoms with Crippen LogP contribution in [-0.4, -0.2) is 26.2 Å². The topological polar surface area (TPSA) is 83.3 Å². The third-order valence-electron chi connectivity index (χ3n) is 1.83. The first-order valence-electron chi connectivity index (χ1n) is 3.97. The molecule has 2 aromatic rings. The molecule has 2 rings (SSSR count). The highest BCUT2D eigenvalue weighted by Crippen LogP contribution is 2.23. The van der Waals surface area contributed by atoms with Crippen LogP contribution in [0.15, 0.2) is 18.2 Å². The molecule has 0 aliphatic rings. The van der Waals surface area contributed by atoms with E-state index in [2.05, 4.69) is 9.97 Å². The van der Waals surface area contributed by atoms with E-state index in [4.69, 9.17) is 16.7 Å². The fourth-order valence-electron chi connectivity index (χ4n) is 1.17. The first-order valence-corrected chi connectivity index (χ1v) is 4.35. The van der Waals surface area contributed by atoms with Crippen molar-refractivity contribution in [2.45, 2.75) is 0 Å². The van der Waals surface area contributed by atoms with Crippen LogP contribution in [0.3, 0.4) is 0 Å². The number of carboxylic acid groups (broad SMARTS) is 1. The minimum atomic E-state index is -1.26. The number of benzene rings is 1. The van der Waals surface area contributed by atoms with Crippen molar-refractivity contribution in [1.29, 1.82) is 0 Å². The number of phenols is 1. The van der Waals surface area contributed by atoms with Crippen molar-refractivity contribution in [1.82, 2.24) is 9.97 Å². The van der Waals surface area contributed by atoms with E-state index in [0.717, 1.165) is 0 Å². The molecule has 0 aliphatic heterocycles. The number of phenolic OH excluding ortho intramolecular Hbond substituents is 1. The molecule has 0 saturated heterocycles. The smallest absolute Gasteiger partial charge is 0.374 e. The summed E-state index contributed by atoms with van der Waals surface area (Å²) in [5, 5.41) is 18.4. The van der Waals surface area contributed by atoms with E-state index in [9.17, 15) is 9.90 Å². The lowest BCUT2D eigenvalue weighted by molar-refractivity contribution is 0.0684. The molecule has 1 heterocycles. The lowest BCUT2D eigenvalue weighted by Gasteiger charge is -2.01. The molecule has 1 aromatic heterocycles. The van der Waals surface area contributed by atoms with Crippen LogP contribution in [0, 0.1) is 0 Å². The number of aromatic hydroxyl groups is 1. The van der Waals surface area contributed by atoms with Gasteiger partial charge in [0.2, 0.25) is 5.82 Å². The molecule has 2 N–H and O–H groups in total. The largest absolute Gasteiger partial charge is 0.508 e. The molecule has 0 aliphatic carbocycles. The maximum atomic E-state index is 10.6. The number of hydrogen-bond donors (Lipinski definition) is 2. The minimum Gasteiger partial charge on any atom is -0.508 e. The minimum absolute atomic E-state index is 0.00592. The van der Waals surface area contributed by atoms with Crippen LogP contribution in [-0.2, 0) is 0 Å². The summed E-state index contributed by atoms with van der Waals surface area (Å²) in [5.41, 5.74) is 0.299. The van der Waals surface area contributed by atoms with Gasteiger partial charge in [-0.05, 0) is 12.1 Å². The van der Waals surface area contributed by atoms with E-state index in [0.29, 0.717) is 10.9 Å². The molecule has 5 nitrogen and oxygen atoms in total. The summed E-state index contributed by atoms with van der Waals surface area (Å²) in [6.45, 7) is 0. The van der Waals surface area contributed by atoms with Gasteiger partial charge in [0, 0.05) is 11.5 Å². The summed E-state index contributed by atoms with van der Waals surface area (Å²) in [5.74, 6) is -1.66. The van der Waals surface area contributed by atoms with E-state index < -0.39 is 11.8 Å². The van der Waals surface area contributed by atoms with E-state index in [1.54, 1.807) is 0 Å². The molecule has 6 heteroatoms. The van der Waals surface area contributed by atoms with Crippen LogP contribution in [0.25, 0.3) is 10.9 Å². The van der Waals surface area contributed by atoms with E-state index in [-0.39, 0.29) is 10.9 Å². The summed E-state index contributed by atoms with van der Waals surface area (Å²) >= 11 is 5.76. The number of carboxylic acids is 1. The van der Waals surface area contributed by atoms with E-state index >= 15 is 0 Å². The van der Waals surface area contributed by atoms with Crippen LogP contribution < -0.4 is 0 Å². The van der Waals surface area contributed by atoms with Gasteiger partial charge in [-0.2, -0.15) is 0 Å². The quantitative estimate of drug-likeness (QED) is 0.720. The first-order chi connectivity index (χ1) is 7.08. The van der Waals surface area contributed by atoms with Crippen molar-refractivity contribution >= 4 is 28.5 Å². The van der Waals surface area contributed by atoms with Gasteiger partial charge < -0.3 is 10.2 Å². The Labute approximate surface area is 89.0 Å². The first kappa shape index (κ1) is 9.67. The van der Waals surface area contributed by atoms with Gasteiger partial charge in [0.1, 0.15) is 10.9 Å². The average Bonchev–Trinajstić information content (AvgIpc) is 2.16. The molecule has 0 amide bonds. The number of halogens is 1. The van der Waals surface area contributed by atoms with E-state index in [1.807, 2.05) is 0 Å². The summed E-state index contributed by atoms with van der Waals surface area (Å²) < 4.78 is 0. The number of rotatable bonds is 1. The van der Waals surface area contributed by atoms with Gasteiger partial charge in [0.25, 0.3) is 0 Å². The Morgan fingerprint density at radius 2 is 2.07 bits per heavy atom. The van der Waals surface area contributed by atoms with Crippen LogP contribution in [0.1, 0.15) is 10.6 Å². The summed E-state index contributed by atoms with van der Waals surface area (Å²) in [4.78, 5) is 18.0. The molecule has 0 atom stereocenters. The highest BCUT2D eigenvalue weighted by Gasteiger charge is 2.11. The third-order valence-corrected chi connectivity index (χ3v) is 2.11. The Morgan fingerprint density at radius 1 is 1.33 bits per heavy atom. The number of nitrogens with zero attached hydrogens (tertiary/aromatic N) is 2. The Hall–Kier alpha value is -1.88. The Morgan fingerprint density at radius 3 is 2.73 bits per heavy atom. The second-order valence-corrected chi connectivity index (χ2v) is 3.20. The zero-order chi connectivity index (χ0) is 11.0. The predicted molar refractivity (Wildman–Crippen MR) is 53.2 cm³/mol. The SMILES string of the molecule is O=C(O)c1nc(Cl)c2ccc(O)cc2n1. The van der Waals surface area contributed by atoms with Crippen molar-refractivity contribution < 1.29 is 15.0 Å². The molecule has 0 spiro atoms. The van der Waals surface area contributed by atoms with Gasteiger partial charge in [-0.25, -0.2) is 14.8 Å². The standard InChI is InChI=1S/C9H5ClN2O3/c10-7-5-2-1-4(13)3-6(5)11-8(12-7)9(14)15/h1-3,13H,(H,14,15). The maximum absolute atomic E-state index is 10.6. The zero-order valence-electron chi connectivity index (χ0n) is 7.31. The Kier molecular flexibility index (Phi) is 2.17. The molecule has 0 bridgehead atoms. The number of carbonyl (C=O) groups is 1. The summed E-state index contributed by atoms with van der Waals surface area (Å²) in [6.07, 6.45) is 0. The lowest BCUT2D eigenvalue weighted by atomic mass is 10.2. The Balaban J connectivity index is 2.79. The second kappa shape index (κ2) is 3.36. The summed E-state index contributed by atoms with van der Waals surface area (Å²) in [7, 11) is 0. The molecule has 0 fully saturated rings. The Bertz CT molecular complexity index is 556. The molecule has 76 valence electrons. The normalized spacial score (nSPS) is 10.5. The number of hydrogen-bond acceptors (Lipinski definition) is 4. The highest BCUT2D eigenvalue weighted by molar-refractivity contribution is 6.34. The van der Waals surface area contributed by atoms with Gasteiger partial charge in [-0.1, -0.05) is 11.6 Å². The molecular weight excluding hydrogens is 220 g/mol. The molecule has 15 heavy (non-hydrogen) atoms. The van der Waals surface area contributed by atoms with Crippen molar-refractivity contribution in [3.05, 3.63) is 29.2 Å².